The largest absolute Gasteiger partial charge is 0.297 e. The van der Waals surface area contributed by atoms with Crippen molar-refractivity contribution in [2.75, 3.05) is 0 Å². The third-order valence-electron chi connectivity index (χ3n) is 3.26. The smallest absolute Gasteiger partial charge is 0.156 e. The molecule has 0 aliphatic heterocycles. The van der Waals surface area contributed by atoms with E-state index in [1.54, 1.807) is 0 Å². The molecule has 0 bridgehead atoms. The van der Waals surface area contributed by atoms with Gasteiger partial charge in [0.2, 0.25) is 0 Å². The van der Waals surface area contributed by atoms with E-state index in [0.717, 1.165) is 5.56 Å². The van der Waals surface area contributed by atoms with Crippen LogP contribution in [0.5, 0.6) is 0 Å². The molecule has 19 heavy (non-hydrogen) atoms. The van der Waals surface area contributed by atoms with Crippen molar-refractivity contribution in [2.45, 2.75) is 58.8 Å². The van der Waals surface area contributed by atoms with Gasteiger partial charge in [0.05, 0.1) is 5.38 Å². The molecule has 106 valence electrons. The van der Waals surface area contributed by atoms with Crippen molar-refractivity contribution in [1.82, 2.24) is 0 Å². The molecule has 0 aromatic heterocycles. The maximum absolute atomic E-state index is 12.1. The van der Waals surface area contributed by atoms with Crippen molar-refractivity contribution in [3.63, 3.8) is 0 Å². The Balaban J connectivity index is 2.77. The van der Waals surface area contributed by atoms with Crippen LogP contribution >= 0.6 is 11.6 Å². The van der Waals surface area contributed by atoms with Crippen molar-refractivity contribution in [3.8, 4) is 0 Å². The summed E-state index contributed by atoms with van der Waals surface area (Å²) >= 11 is 6.23. The third kappa shape index (κ3) is 4.65. The van der Waals surface area contributed by atoms with E-state index in [0.29, 0.717) is 6.42 Å². The lowest BCUT2D eigenvalue weighted by Crippen LogP contribution is -2.30. The van der Waals surface area contributed by atoms with Crippen LogP contribution in [0.3, 0.4) is 0 Å². The first-order valence-electron chi connectivity index (χ1n) is 6.79. The van der Waals surface area contributed by atoms with Gasteiger partial charge in [0, 0.05) is 5.41 Å². The van der Waals surface area contributed by atoms with E-state index in [2.05, 4.69) is 45.0 Å². The minimum atomic E-state index is -0.444. The highest BCUT2D eigenvalue weighted by Gasteiger charge is 2.28. The quantitative estimate of drug-likeness (QED) is 0.730. The minimum absolute atomic E-state index is 0.106. The number of hydrogen-bond donors (Lipinski definition) is 0. The fourth-order valence-electron chi connectivity index (χ4n) is 1.91. The van der Waals surface area contributed by atoms with Gasteiger partial charge in [0.1, 0.15) is 0 Å². The first-order chi connectivity index (χ1) is 8.51. The fraction of sp³-hybridized carbons (Fsp3) is 0.588. The van der Waals surface area contributed by atoms with Gasteiger partial charge in [-0.05, 0) is 23.0 Å². The number of benzene rings is 1. The summed E-state index contributed by atoms with van der Waals surface area (Å²) in [6.45, 7) is 12.3. The van der Waals surface area contributed by atoms with Crippen molar-refractivity contribution >= 4 is 17.4 Å². The highest BCUT2D eigenvalue weighted by Crippen LogP contribution is 2.25. The molecule has 0 saturated heterocycles. The molecule has 0 saturated carbocycles. The van der Waals surface area contributed by atoms with E-state index in [4.69, 9.17) is 11.6 Å². The first-order valence-corrected chi connectivity index (χ1v) is 7.23. The van der Waals surface area contributed by atoms with Gasteiger partial charge in [0.15, 0.2) is 5.78 Å². The zero-order valence-electron chi connectivity index (χ0n) is 12.9. The van der Waals surface area contributed by atoms with Gasteiger partial charge >= 0.3 is 0 Å². The molecule has 0 amide bonds. The number of carbonyl (C=O) groups is 1. The summed E-state index contributed by atoms with van der Waals surface area (Å²) < 4.78 is 0. The maximum atomic E-state index is 12.1. The van der Waals surface area contributed by atoms with Crippen LogP contribution < -0.4 is 0 Å². The van der Waals surface area contributed by atoms with Crippen LogP contribution in [0.15, 0.2) is 24.3 Å². The number of halogens is 1. The van der Waals surface area contributed by atoms with Crippen LogP contribution in [0.25, 0.3) is 0 Å². The molecule has 0 aliphatic carbocycles. The van der Waals surface area contributed by atoms with E-state index in [1.165, 1.54) is 5.56 Å². The van der Waals surface area contributed by atoms with Crippen molar-refractivity contribution in [2.24, 2.45) is 5.41 Å². The molecule has 2 heteroatoms. The van der Waals surface area contributed by atoms with E-state index in [9.17, 15) is 4.79 Å². The van der Waals surface area contributed by atoms with Crippen LogP contribution in [0.4, 0.5) is 0 Å². The predicted octanol–water partition coefficient (Wildman–Crippen LogP) is 4.75. The third-order valence-corrected chi connectivity index (χ3v) is 3.61. The standard InChI is InChI=1S/C17H25ClO/c1-16(2,3)13-9-7-12(8-10-13)11-14(18)15(19)17(4,5)6/h7-10,14H,11H2,1-6H3. The van der Waals surface area contributed by atoms with Gasteiger partial charge in [-0.15, -0.1) is 11.6 Å². The molecule has 1 rings (SSSR count). The van der Waals surface area contributed by atoms with Crippen molar-refractivity contribution in [1.29, 1.82) is 0 Å². The molecule has 0 N–H and O–H groups in total. The summed E-state index contributed by atoms with van der Waals surface area (Å²) in [5, 5.41) is -0.444. The van der Waals surface area contributed by atoms with Gasteiger partial charge in [-0.3, -0.25) is 4.79 Å². The Hall–Kier alpha value is -0.820. The molecular weight excluding hydrogens is 256 g/mol. The molecule has 1 nitrogen and oxygen atoms in total. The Morgan fingerprint density at radius 1 is 1.05 bits per heavy atom. The van der Waals surface area contributed by atoms with E-state index in [1.807, 2.05) is 20.8 Å². The van der Waals surface area contributed by atoms with Crippen LogP contribution in [0, 0.1) is 5.41 Å². The number of ketones is 1. The molecule has 1 unspecified atom stereocenters. The molecule has 1 atom stereocenters. The Labute approximate surface area is 122 Å². The molecule has 1 aromatic carbocycles. The summed E-state index contributed by atoms with van der Waals surface area (Å²) in [5.74, 6) is 0.106. The predicted molar refractivity (Wildman–Crippen MR) is 82.9 cm³/mol. The second kappa shape index (κ2) is 5.66. The second-order valence-corrected chi connectivity index (χ2v) is 7.76. The van der Waals surface area contributed by atoms with Crippen LogP contribution in [0.1, 0.15) is 52.7 Å². The highest BCUT2D eigenvalue weighted by molar-refractivity contribution is 6.31. The summed E-state index contributed by atoms with van der Waals surface area (Å²) in [4.78, 5) is 12.1. The average Bonchev–Trinajstić information content (AvgIpc) is 2.26. The molecule has 0 spiro atoms. The number of carbonyl (C=O) groups excluding carboxylic acids is 1. The average molecular weight is 281 g/mol. The summed E-state index contributed by atoms with van der Waals surface area (Å²) in [6, 6.07) is 8.40. The molecule has 0 aliphatic rings. The van der Waals surface area contributed by atoms with Crippen LogP contribution in [-0.4, -0.2) is 11.2 Å². The zero-order chi connectivity index (χ0) is 14.8. The lowest BCUT2D eigenvalue weighted by atomic mass is 9.85. The van der Waals surface area contributed by atoms with Crippen LogP contribution in [0.2, 0.25) is 0 Å². The van der Waals surface area contributed by atoms with Crippen LogP contribution in [-0.2, 0) is 16.6 Å². The maximum Gasteiger partial charge on any atom is 0.156 e. The monoisotopic (exact) mass is 280 g/mol. The number of alkyl halides is 1. The number of rotatable bonds is 3. The van der Waals surface area contributed by atoms with Crippen molar-refractivity contribution in [3.05, 3.63) is 35.4 Å². The van der Waals surface area contributed by atoms with Gasteiger partial charge in [0.25, 0.3) is 0 Å². The fourth-order valence-corrected chi connectivity index (χ4v) is 2.42. The molecule has 1 aromatic rings. The molecular formula is C17H25ClO. The normalized spacial score (nSPS) is 14.3. The van der Waals surface area contributed by atoms with Crippen molar-refractivity contribution < 1.29 is 4.79 Å². The van der Waals surface area contributed by atoms with E-state index in [-0.39, 0.29) is 16.6 Å². The lowest BCUT2D eigenvalue weighted by Gasteiger charge is -2.21. The van der Waals surface area contributed by atoms with E-state index < -0.39 is 5.38 Å². The van der Waals surface area contributed by atoms with Gasteiger partial charge in [-0.1, -0.05) is 65.8 Å². The van der Waals surface area contributed by atoms with Gasteiger partial charge in [-0.25, -0.2) is 0 Å². The Bertz CT molecular complexity index is 432. The number of hydrogen-bond acceptors (Lipinski definition) is 1. The first kappa shape index (κ1) is 16.2. The van der Waals surface area contributed by atoms with Gasteiger partial charge in [-0.2, -0.15) is 0 Å². The lowest BCUT2D eigenvalue weighted by molar-refractivity contribution is -0.125. The Morgan fingerprint density at radius 3 is 1.89 bits per heavy atom. The minimum Gasteiger partial charge on any atom is -0.297 e. The van der Waals surface area contributed by atoms with Gasteiger partial charge < -0.3 is 0 Å². The second-order valence-electron chi connectivity index (χ2n) is 7.23. The number of Topliss-reactive ketones (excluding diaryl/α,β-unsaturated/α-hetero) is 1. The summed E-state index contributed by atoms with van der Waals surface area (Å²) in [5.41, 5.74) is 2.19. The zero-order valence-corrected chi connectivity index (χ0v) is 13.6. The summed E-state index contributed by atoms with van der Waals surface area (Å²) in [7, 11) is 0. The summed E-state index contributed by atoms with van der Waals surface area (Å²) in [6.07, 6.45) is 0.599. The molecule has 0 heterocycles. The highest BCUT2D eigenvalue weighted by atomic mass is 35.5. The SMILES string of the molecule is CC(C)(C)C(=O)C(Cl)Cc1ccc(C(C)(C)C)cc1. The Morgan fingerprint density at radius 2 is 1.53 bits per heavy atom. The molecule has 0 fully saturated rings. The Kier molecular flexibility index (Phi) is 4.84. The van der Waals surface area contributed by atoms with E-state index >= 15 is 0 Å². The molecule has 0 radical (unpaired) electrons. The topological polar surface area (TPSA) is 17.1 Å².